The predicted octanol–water partition coefficient (Wildman–Crippen LogP) is 0.292. The molecule has 0 saturated carbocycles. The van der Waals surface area contributed by atoms with E-state index < -0.39 is 0 Å². The maximum Gasteiger partial charge on any atom is 0.227 e. The van der Waals surface area contributed by atoms with Crippen LogP contribution in [0.4, 0.5) is 0 Å². The van der Waals surface area contributed by atoms with Crippen LogP contribution in [-0.4, -0.2) is 29.4 Å². The monoisotopic (exact) mass is 197 g/mol. The second-order valence-electron chi connectivity index (χ2n) is 3.48. The van der Waals surface area contributed by atoms with E-state index in [4.69, 9.17) is 15.0 Å². The van der Waals surface area contributed by atoms with Crippen LogP contribution in [0.5, 0.6) is 0 Å². The van der Waals surface area contributed by atoms with E-state index >= 15 is 0 Å². The van der Waals surface area contributed by atoms with Gasteiger partial charge in [-0.15, -0.1) is 0 Å². The molecule has 0 radical (unpaired) electrons. The van der Waals surface area contributed by atoms with Gasteiger partial charge in [-0.25, -0.2) is 0 Å². The number of nitrogens with zero attached hydrogens (tertiary/aromatic N) is 2. The van der Waals surface area contributed by atoms with Crippen LogP contribution >= 0.6 is 0 Å². The highest BCUT2D eigenvalue weighted by Crippen LogP contribution is 2.15. The molecule has 1 unspecified atom stereocenters. The lowest BCUT2D eigenvalue weighted by atomic mass is 10.2. The van der Waals surface area contributed by atoms with Gasteiger partial charge in [0.15, 0.2) is 5.82 Å². The SMILES string of the molecule is NCCc1nc(CC2CCCO2)no1. The Balaban J connectivity index is 1.88. The zero-order valence-corrected chi connectivity index (χ0v) is 8.11. The highest BCUT2D eigenvalue weighted by molar-refractivity contribution is 4.90. The molecule has 1 saturated heterocycles. The smallest absolute Gasteiger partial charge is 0.227 e. The fourth-order valence-corrected chi connectivity index (χ4v) is 1.61. The molecule has 5 heteroatoms. The van der Waals surface area contributed by atoms with Crippen LogP contribution in [-0.2, 0) is 17.6 Å². The van der Waals surface area contributed by atoms with E-state index in [1.54, 1.807) is 0 Å². The minimum absolute atomic E-state index is 0.276. The molecule has 0 spiro atoms. The molecule has 5 nitrogen and oxygen atoms in total. The second-order valence-corrected chi connectivity index (χ2v) is 3.48. The van der Waals surface area contributed by atoms with Crippen molar-refractivity contribution in [2.75, 3.05) is 13.2 Å². The number of rotatable bonds is 4. The summed E-state index contributed by atoms with van der Waals surface area (Å²) >= 11 is 0. The molecule has 1 aliphatic heterocycles. The zero-order valence-electron chi connectivity index (χ0n) is 8.11. The van der Waals surface area contributed by atoms with Gasteiger partial charge in [-0.2, -0.15) is 4.98 Å². The molecule has 1 atom stereocenters. The first-order chi connectivity index (χ1) is 6.88. The molecule has 14 heavy (non-hydrogen) atoms. The molecule has 0 aromatic carbocycles. The van der Waals surface area contributed by atoms with Gasteiger partial charge in [0.2, 0.25) is 5.89 Å². The first-order valence-corrected chi connectivity index (χ1v) is 5.01. The zero-order chi connectivity index (χ0) is 9.80. The van der Waals surface area contributed by atoms with Crippen molar-refractivity contribution in [1.29, 1.82) is 0 Å². The van der Waals surface area contributed by atoms with Crippen LogP contribution < -0.4 is 5.73 Å². The third kappa shape index (κ3) is 2.30. The van der Waals surface area contributed by atoms with E-state index in [2.05, 4.69) is 10.1 Å². The number of hydrogen-bond acceptors (Lipinski definition) is 5. The Bertz CT molecular complexity index is 281. The predicted molar refractivity (Wildman–Crippen MR) is 49.7 cm³/mol. The molecular formula is C9H15N3O2. The summed E-state index contributed by atoms with van der Waals surface area (Å²) in [5.74, 6) is 1.36. The van der Waals surface area contributed by atoms with Crippen molar-refractivity contribution in [3.8, 4) is 0 Å². The van der Waals surface area contributed by atoms with Crippen molar-refractivity contribution in [2.24, 2.45) is 5.73 Å². The van der Waals surface area contributed by atoms with Crippen molar-refractivity contribution < 1.29 is 9.26 Å². The molecule has 0 aliphatic carbocycles. The van der Waals surface area contributed by atoms with E-state index in [9.17, 15) is 0 Å². The Morgan fingerprint density at radius 2 is 2.43 bits per heavy atom. The second kappa shape index (κ2) is 4.52. The van der Waals surface area contributed by atoms with Crippen LogP contribution in [0.15, 0.2) is 4.52 Å². The van der Waals surface area contributed by atoms with Crippen LogP contribution in [0, 0.1) is 0 Å². The van der Waals surface area contributed by atoms with Crippen molar-refractivity contribution in [3.05, 3.63) is 11.7 Å². The minimum Gasteiger partial charge on any atom is -0.378 e. The van der Waals surface area contributed by atoms with E-state index in [1.165, 1.54) is 0 Å². The van der Waals surface area contributed by atoms with Crippen LogP contribution in [0.1, 0.15) is 24.6 Å². The highest BCUT2D eigenvalue weighted by Gasteiger charge is 2.18. The van der Waals surface area contributed by atoms with Gasteiger partial charge in [0.1, 0.15) is 0 Å². The highest BCUT2D eigenvalue weighted by atomic mass is 16.5. The van der Waals surface area contributed by atoms with E-state index in [0.717, 1.165) is 31.7 Å². The summed E-state index contributed by atoms with van der Waals surface area (Å²) in [6, 6.07) is 0. The number of hydrogen-bond donors (Lipinski definition) is 1. The van der Waals surface area contributed by atoms with Crippen LogP contribution in [0.3, 0.4) is 0 Å². The Hall–Kier alpha value is -0.940. The Labute approximate surface area is 82.6 Å². The molecular weight excluding hydrogens is 182 g/mol. The topological polar surface area (TPSA) is 74.2 Å². The van der Waals surface area contributed by atoms with Crippen LogP contribution in [0.25, 0.3) is 0 Å². The third-order valence-corrected chi connectivity index (χ3v) is 2.30. The molecule has 1 aromatic heterocycles. The van der Waals surface area contributed by atoms with Crippen molar-refractivity contribution in [3.63, 3.8) is 0 Å². The lowest BCUT2D eigenvalue weighted by Gasteiger charge is -2.03. The fraction of sp³-hybridized carbons (Fsp3) is 0.778. The summed E-state index contributed by atoms with van der Waals surface area (Å²) in [4.78, 5) is 4.23. The van der Waals surface area contributed by atoms with Gasteiger partial charge in [-0.3, -0.25) is 0 Å². The molecule has 1 aliphatic rings. The molecule has 0 amide bonds. The first-order valence-electron chi connectivity index (χ1n) is 5.01. The molecule has 1 fully saturated rings. The van der Waals surface area contributed by atoms with Gasteiger partial charge in [0.05, 0.1) is 6.10 Å². The van der Waals surface area contributed by atoms with E-state index in [-0.39, 0.29) is 6.10 Å². The summed E-state index contributed by atoms with van der Waals surface area (Å²) in [5.41, 5.74) is 5.38. The van der Waals surface area contributed by atoms with E-state index in [0.29, 0.717) is 18.9 Å². The van der Waals surface area contributed by atoms with Crippen molar-refractivity contribution >= 4 is 0 Å². The lowest BCUT2D eigenvalue weighted by molar-refractivity contribution is 0.109. The average Bonchev–Trinajstić information content (AvgIpc) is 2.79. The van der Waals surface area contributed by atoms with Crippen molar-refractivity contribution in [1.82, 2.24) is 10.1 Å². The summed E-state index contributed by atoms with van der Waals surface area (Å²) in [7, 11) is 0. The standard InChI is InChI=1S/C9H15N3O2/c10-4-3-9-11-8(12-14-9)6-7-2-1-5-13-7/h7H,1-6,10H2. The number of nitrogens with two attached hydrogens (primary N) is 1. The summed E-state index contributed by atoms with van der Waals surface area (Å²) in [5, 5.41) is 3.88. The molecule has 2 heterocycles. The maximum atomic E-state index is 5.48. The number of ether oxygens (including phenoxy) is 1. The summed E-state index contributed by atoms with van der Waals surface area (Å²) in [6.07, 6.45) is 3.92. The Morgan fingerprint density at radius 1 is 1.50 bits per heavy atom. The molecule has 78 valence electrons. The quantitative estimate of drug-likeness (QED) is 0.751. The number of aromatic nitrogens is 2. The van der Waals surface area contributed by atoms with E-state index in [1.807, 2.05) is 0 Å². The largest absolute Gasteiger partial charge is 0.378 e. The maximum absolute atomic E-state index is 5.48. The molecule has 0 bridgehead atoms. The average molecular weight is 197 g/mol. The Morgan fingerprint density at radius 3 is 3.14 bits per heavy atom. The van der Waals surface area contributed by atoms with Crippen molar-refractivity contribution in [2.45, 2.75) is 31.8 Å². The van der Waals surface area contributed by atoms with Gasteiger partial charge in [-0.05, 0) is 12.8 Å². The summed E-state index contributed by atoms with van der Waals surface area (Å²) in [6.45, 7) is 1.40. The van der Waals surface area contributed by atoms with Gasteiger partial charge in [0, 0.05) is 26.0 Å². The van der Waals surface area contributed by atoms with Gasteiger partial charge < -0.3 is 15.0 Å². The van der Waals surface area contributed by atoms with Gasteiger partial charge in [0.25, 0.3) is 0 Å². The minimum atomic E-state index is 0.276. The van der Waals surface area contributed by atoms with Gasteiger partial charge >= 0.3 is 0 Å². The molecule has 2 rings (SSSR count). The van der Waals surface area contributed by atoms with Crippen LogP contribution in [0.2, 0.25) is 0 Å². The lowest BCUT2D eigenvalue weighted by Crippen LogP contribution is -2.10. The third-order valence-electron chi connectivity index (χ3n) is 2.30. The molecule has 2 N–H and O–H groups in total. The van der Waals surface area contributed by atoms with Gasteiger partial charge in [-0.1, -0.05) is 5.16 Å². The normalized spacial score (nSPS) is 21.6. The Kier molecular flexibility index (Phi) is 3.10. The fourth-order valence-electron chi connectivity index (χ4n) is 1.61. The first kappa shape index (κ1) is 9.61. The summed E-state index contributed by atoms with van der Waals surface area (Å²) < 4.78 is 10.5. The molecule has 1 aromatic rings.